The molecule has 1 N–H and O–H groups in total. The number of anilines is 1. The molecule has 7 nitrogen and oxygen atoms in total. The minimum Gasteiger partial charge on any atom is -0.375 e. The number of halogens is 1. The molecular formula is C26H34ClN5O2. The quantitative estimate of drug-likeness (QED) is 0.463. The molecule has 0 aliphatic rings. The topological polar surface area (TPSA) is 70.0 Å². The van der Waals surface area contributed by atoms with Crippen molar-refractivity contribution in [2.45, 2.75) is 39.7 Å². The average molecular weight is 484 g/mol. The standard InChI is InChI=1S/C26H34ClN5O2/c1-6-19(26(34)30(3)4)12-14-31(5)21-10-8-18(9-11-21)17-28-25(33)24-22(7-2)29-23-16-20(27)13-15-32(23)24/h8-11,13,15-16,19H,6-7,12,14,17H2,1-5H3,(H,28,33). The Morgan fingerprint density at radius 3 is 2.44 bits per heavy atom. The molecule has 1 atom stereocenters. The number of aromatic nitrogens is 2. The summed E-state index contributed by atoms with van der Waals surface area (Å²) in [6.45, 7) is 5.25. The highest BCUT2D eigenvalue weighted by molar-refractivity contribution is 6.30. The maximum absolute atomic E-state index is 13.0. The van der Waals surface area contributed by atoms with Crippen LogP contribution in [0.3, 0.4) is 0 Å². The molecule has 1 aromatic carbocycles. The summed E-state index contributed by atoms with van der Waals surface area (Å²) in [5.41, 5.74) is 4.04. The van der Waals surface area contributed by atoms with Crippen molar-refractivity contribution in [2.75, 3.05) is 32.6 Å². The highest BCUT2D eigenvalue weighted by Gasteiger charge is 2.19. The van der Waals surface area contributed by atoms with E-state index in [0.717, 1.165) is 36.3 Å². The molecule has 3 aromatic rings. The SMILES string of the molecule is CCc1nc2cc(Cl)ccn2c1C(=O)NCc1ccc(N(C)CCC(CC)C(=O)N(C)C)cc1. The van der Waals surface area contributed by atoms with E-state index in [9.17, 15) is 9.59 Å². The van der Waals surface area contributed by atoms with Crippen LogP contribution in [0, 0.1) is 5.92 Å². The fourth-order valence-corrected chi connectivity index (χ4v) is 4.19. The van der Waals surface area contributed by atoms with Gasteiger partial charge in [0.1, 0.15) is 11.3 Å². The van der Waals surface area contributed by atoms with Gasteiger partial charge in [-0.15, -0.1) is 0 Å². The summed E-state index contributed by atoms with van der Waals surface area (Å²) in [4.78, 5) is 33.6. The Bertz CT molecular complexity index is 1140. The lowest BCUT2D eigenvalue weighted by Crippen LogP contribution is -2.32. The predicted molar refractivity (Wildman–Crippen MR) is 138 cm³/mol. The predicted octanol–water partition coefficient (Wildman–Crippen LogP) is 4.42. The first-order chi connectivity index (χ1) is 16.2. The molecule has 0 radical (unpaired) electrons. The van der Waals surface area contributed by atoms with Crippen molar-refractivity contribution in [2.24, 2.45) is 5.92 Å². The second-order valence-electron chi connectivity index (χ2n) is 8.73. The number of hydrogen-bond acceptors (Lipinski definition) is 4. The number of nitrogens with one attached hydrogen (secondary N) is 1. The molecule has 3 rings (SSSR count). The van der Waals surface area contributed by atoms with Crippen molar-refractivity contribution in [1.29, 1.82) is 0 Å². The van der Waals surface area contributed by atoms with E-state index >= 15 is 0 Å². The fourth-order valence-electron chi connectivity index (χ4n) is 4.04. The zero-order chi connectivity index (χ0) is 24.8. The first-order valence-corrected chi connectivity index (χ1v) is 12.1. The Morgan fingerprint density at radius 1 is 1.12 bits per heavy atom. The Balaban J connectivity index is 1.60. The third-order valence-electron chi connectivity index (χ3n) is 6.14. The lowest BCUT2D eigenvalue weighted by molar-refractivity contribution is -0.133. The Labute approximate surface area is 206 Å². The second-order valence-corrected chi connectivity index (χ2v) is 9.17. The molecule has 0 fully saturated rings. The summed E-state index contributed by atoms with van der Waals surface area (Å²) < 4.78 is 1.78. The van der Waals surface area contributed by atoms with E-state index in [-0.39, 0.29) is 17.7 Å². The third kappa shape index (κ3) is 5.89. The van der Waals surface area contributed by atoms with E-state index in [2.05, 4.69) is 22.1 Å². The van der Waals surface area contributed by atoms with Gasteiger partial charge in [-0.05, 0) is 43.0 Å². The summed E-state index contributed by atoms with van der Waals surface area (Å²) in [5, 5.41) is 3.60. The molecule has 0 spiro atoms. The van der Waals surface area contributed by atoms with E-state index in [0.29, 0.717) is 29.3 Å². The molecule has 0 aliphatic heterocycles. The zero-order valence-corrected chi connectivity index (χ0v) is 21.4. The maximum atomic E-state index is 13.0. The number of hydrogen-bond donors (Lipinski definition) is 1. The number of benzene rings is 1. The minimum atomic E-state index is -0.163. The number of carbonyl (C=O) groups excluding carboxylic acids is 2. The number of fused-ring (bicyclic) bond motifs is 1. The van der Waals surface area contributed by atoms with Crippen LogP contribution in [0.4, 0.5) is 5.69 Å². The summed E-state index contributed by atoms with van der Waals surface area (Å²) >= 11 is 6.07. The highest BCUT2D eigenvalue weighted by Crippen LogP contribution is 2.19. The van der Waals surface area contributed by atoms with Crippen LogP contribution in [0.5, 0.6) is 0 Å². The molecule has 8 heteroatoms. The first-order valence-electron chi connectivity index (χ1n) is 11.7. The largest absolute Gasteiger partial charge is 0.375 e. The van der Waals surface area contributed by atoms with Gasteiger partial charge in [0.25, 0.3) is 5.91 Å². The number of pyridine rings is 1. The number of aryl methyl sites for hydroxylation is 1. The lowest BCUT2D eigenvalue weighted by atomic mass is 10.0. The number of imidazole rings is 1. The first kappa shape index (κ1) is 25.6. The van der Waals surface area contributed by atoms with E-state index in [4.69, 9.17) is 11.6 Å². The summed E-state index contributed by atoms with van der Waals surface area (Å²) in [6, 6.07) is 11.6. The second kappa shape index (κ2) is 11.4. The molecule has 1 unspecified atom stereocenters. The minimum absolute atomic E-state index is 0.0376. The zero-order valence-electron chi connectivity index (χ0n) is 20.6. The van der Waals surface area contributed by atoms with Crippen LogP contribution >= 0.6 is 11.6 Å². The van der Waals surface area contributed by atoms with Crippen LogP contribution in [-0.2, 0) is 17.8 Å². The molecule has 2 heterocycles. The van der Waals surface area contributed by atoms with Gasteiger partial charge in [0.05, 0.1) is 5.69 Å². The van der Waals surface area contributed by atoms with Crippen molar-refractivity contribution in [3.63, 3.8) is 0 Å². The summed E-state index contributed by atoms with van der Waals surface area (Å²) in [5.74, 6) is 0.0573. The number of rotatable bonds is 10. The van der Waals surface area contributed by atoms with Gasteiger partial charge in [0.2, 0.25) is 5.91 Å². The van der Waals surface area contributed by atoms with Crippen molar-refractivity contribution < 1.29 is 9.59 Å². The molecule has 182 valence electrons. The Morgan fingerprint density at radius 2 is 1.82 bits per heavy atom. The van der Waals surface area contributed by atoms with Crippen molar-refractivity contribution in [3.05, 3.63) is 64.6 Å². The van der Waals surface area contributed by atoms with Gasteiger partial charge in [0.15, 0.2) is 0 Å². The van der Waals surface area contributed by atoms with Gasteiger partial charge in [-0.1, -0.05) is 37.6 Å². The molecule has 0 saturated carbocycles. The molecule has 34 heavy (non-hydrogen) atoms. The normalized spacial score (nSPS) is 11.9. The van der Waals surface area contributed by atoms with Gasteiger partial charge >= 0.3 is 0 Å². The van der Waals surface area contributed by atoms with E-state index in [1.54, 1.807) is 41.7 Å². The number of amides is 2. The Hall–Kier alpha value is -3.06. The van der Waals surface area contributed by atoms with E-state index in [1.807, 2.05) is 38.2 Å². The Kier molecular flexibility index (Phi) is 8.56. The van der Waals surface area contributed by atoms with E-state index in [1.165, 1.54) is 0 Å². The van der Waals surface area contributed by atoms with Crippen molar-refractivity contribution in [3.8, 4) is 0 Å². The van der Waals surface area contributed by atoms with Crippen LogP contribution in [0.15, 0.2) is 42.6 Å². The monoisotopic (exact) mass is 483 g/mol. The van der Waals surface area contributed by atoms with Crippen molar-refractivity contribution in [1.82, 2.24) is 19.6 Å². The molecule has 2 aromatic heterocycles. The highest BCUT2D eigenvalue weighted by atomic mass is 35.5. The van der Waals surface area contributed by atoms with Gasteiger partial charge < -0.3 is 15.1 Å². The van der Waals surface area contributed by atoms with Crippen LogP contribution in [0.1, 0.15) is 48.4 Å². The number of nitrogens with zero attached hydrogens (tertiary/aromatic N) is 4. The average Bonchev–Trinajstić information content (AvgIpc) is 3.20. The molecule has 0 bridgehead atoms. The molecule has 0 aliphatic carbocycles. The summed E-state index contributed by atoms with van der Waals surface area (Å²) in [7, 11) is 5.65. The maximum Gasteiger partial charge on any atom is 0.270 e. The molecular weight excluding hydrogens is 450 g/mol. The van der Waals surface area contributed by atoms with Crippen molar-refractivity contribution >= 4 is 34.7 Å². The fraction of sp³-hybridized carbons (Fsp3) is 0.423. The van der Waals surface area contributed by atoms with Gasteiger partial charge in [-0.3, -0.25) is 14.0 Å². The van der Waals surface area contributed by atoms with Gasteiger partial charge in [-0.25, -0.2) is 4.98 Å². The van der Waals surface area contributed by atoms with Crippen LogP contribution in [-0.4, -0.2) is 53.8 Å². The van der Waals surface area contributed by atoms with Gasteiger partial charge in [0, 0.05) is 63.1 Å². The third-order valence-corrected chi connectivity index (χ3v) is 6.37. The van der Waals surface area contributed by atoms with Crippen LogP contribution < -0.4 is 10.2 Å². The molecule has 2 amide bonds. The lowest BCUT2D eigenvalue weighted by Gasteiger charge is -2.24. The molecule has 0 saturated heterocycles. The van der Waals surface area contributed by atoms with Crippen LogP contribution in [0.2, 0.25) is 5.02 Å². The van der Waals surface area contributed by atoms with Crippen LogP contribution in [0.25, 0.3) is 5.65 Å². The number of carbonyl (C=O) groups is 2. The summed E-state index contributed by atoms with van der Waals surface area (Å²) in [6.07, 6.45) is 4.08. The van der Waals surface area contributed by atoms with Gasteiger partial charge in [-0.2, -0.15) is 0 Å². The van der Waals surface area contributed by atoms with E-state index < -0.39 is 0 Å². The smallest absolute Gasteiger partial charge is 0.270 e.